The summed E-state index contributed by atoms with van der Waals surface area (Å²) in [6.07, 6.45) is 1.65. The van der Waals surface area contributed by atoms with Crippen LogP contribution in [0.15, 0.2) is 89.5 Å². The van der Waals surface area contributed by atoms with Crippen molar-refractivity contribution in [1.29, 1.82) is 0 Å². The fourth-order valence-corrected chi connectivity index (χ4v) is 3.24. The van der Waals surface area contributed by atoms with Gasteiger partial charge in [-0.25, -0.2) is 4.98 Å². The van der Waals surface area contributed by atoms with Gasteiger partial charge in [0.1, 0.15) is 0 Å². The maximum Gasteiger partial charge on any atom is 0.252 e. The summed E-state index contributed by atoms with van der Waals surface area (Å²) in [4.78, 5) is 17.3. The first-order valence-corrected chi connectivity index (χ1v) is 9.66. The fourth-order valence-electron chi connectivity index (χ4n) is 3.11. The average Bonchev–Trinajstić information content (AvgIpc) is 3.25. The summed E-state index contributed by atoms with van der Waals surface area (Å²) in [5, 5.41) is 3.70. The molecule has 1 atom stereocenters. The molecule has 0 radical (unpaired) electrons. The minimum absolute atomic E-state index is 0.119. The van der Waals surface area contributed by atoms with Crippen molar-refractivity contribution in [2.45, 2.75) is 13.0 Å². The van der Waals surface area contributed by atoms with Gasteiger partial charge in [0.05, 0.1) is 17.8 Å². The monoisotopic (exact) mass is 402 g/mol. The summed E-state index contributed by atoms with van der Waals surface area (Å²) in [6.45, 7) is 1.96. The second-order valence-electron chi connectivity index (χ2n) is 6.69. The topological polar surface area (TPSA) is 55.1 Å². The minimum Gasteiger partial charge on any atom is -0.436 e. The van der Waals surface area contributed by atoms with Gasteiger partial charge in [-0.05, 0) is 48.9 Å². The van der Waals surface area contributed by atoms with Crippen LogP contribution >= 0.6 is 11.6 Å². The predicted octanol–water partition coefficient (Wildman–Crippen LogP) is 6.15. The van der Waals surface area contributed by atoms with E-state index in [1.807, 2.05) is 67.6 Å². The molecule has 0 fully saturated rings. The molecule has 144 valence electrons. The van der Waals surface area contributed by atoms with E-state index in [-0.39, 0.29) is 11.9 Å². The normalized spacial score (nSPS) is 11.8. The van der Waals surface area contributed by atoms with Crippen molar-refractivity contribution < 1.29 is 9.21 Å². The Morgan fingerprint density at radius 2 is 1.66 bits per heavy atom. The fraction of sp³-hybridized carbons (Fsp3) is 0.0833. The summed E-state index contributed by atoms with van der Waals surface area (Å²) in [5.41, 5.74) is 3.07. The molecule has 1 N–H and O–H groups in total. The van der Waals surface area contributed by atoms with E-state index >= 15 is 0 Å². The molecule has 1 heterocycles. The van der Waals surface area contributed by atoms with Crippen LogP contribution in [0.25, 0.3) is 22.8 Å². The molecular formula is C24H19ClN2O2. The zero-order chi connectivity index (χ0) is 20.2. The number of nitrogens with zero attached hydrogens (tertiary/aromatic N) is 1. The molecule has 0 saturated heterocycles. The van der Waals surface area contributed by atoms with E-state index in [1.54, 1.807) is 24.4 Å². The highest BCUT2D eigenvalue weighted by Gasteiger charge is 2.18. The summed E-state index contributed by atoms with van der Waals surface area (Å²) in [6, 6.07) is 24.3. The zero-order valence-electron chi connectivity index (χ0n) is 15.8. The molecule has 0 aliphatic rings. The van der Waals surface area contributed by atoms with Crippen LogP contribution in [-0.4, -0.2) is 10.9 Å². The van der Waals surface area contributed by atoms with Gasteiger partial charge in [-0.2, -0.15) is 0 Å². The van der Waals surface area contributed by atoms with Crippen LogP contribution in [0, 0.1) is 0 Å². The molecule has 1 aromatic heterocycles. The van der Waals surface area contributed by atoms with Crippen LogP contribution < -0.4 is 5.32 Å². The summed E-state index contributed by atoms with van der Waals surface area (Å²) in [7, 11) is 0. The molecule has 0 saturated carbocycles. The summed E-state index contributed by atoms with van der Waals surface area (Å²) >= 11 is 5.95. The van der Waals surface area contributed by atoms with Crippen LogP contribution in [0.1, 0.15) is 28.9 Å². The number of aromatic nitrogens is 1. The third-order valence-corrected chi connectivity index (χ3v) is 4.94. The first-order chi connectivity index (χ1) is 14.1. The largest absolute Gasteiger partial charge is 0.436 e. The van der Waals surface area contributed by atoms with Gasteiger partial charge in [-0.3, -0.25) is 4.79 Å². The highest BCUT2D eigenvalue weighted by molar-refractivity contribution is 6.30. The first-order valence-electron chi connectivity index (χ1n) is 9.29. The van der Waals surface area contributed by atoms with Gasteiger partial charge >= 0.3 is 0 Å². The number of rotatable bonds is 5. The van der Waals surface area contributed by atoms with E-state index in [0.717, 1.165) is 11.1 Å². The number of carbonyl (C=O) groups is 1. The Balaban J connectivity index is 1.60. The maximum atomic E-state index is 12.9. The Hall–Kier alpha value is -3.37. The highest BCUT2D eigenvalue weighted by atomic mass is 35.5. The SMILES string of the molecule is C[C@H](NC(=O)c1ccccc1-c1ncc(-c2ccc(Cl)cc2)o1)c1ccccc1. The van der Waals surface area contributed by atoms with Crippen LogP contribution in [0.2, 0.25) is 5.02 Å². The lowest BCUT2D eigenvalue weighted by molar-refractivity contribution is 0.0940. The van der Waals surface area contributed by atoms with E-state index in [1.165, 1.54) is 0 Å². The number of nitrogens with one attached hydrogen (secondary N) is 1. The molecule has 0 unspecified atom stereocenters. The average molecular weight is 403 g/mol. The molecule has 0 spiro atoms. The molecule has 4 aromatic rings. The molecule has 29 heavy (non-hydrogen) atoms. The Morgan fingerprint density at radius 3 is 2.41 bits per heavy atom. The van der Waals surface area contributed by atoms with Crippen LogP contribution in [0.4, 0.5) is 0 Å². The maximum absolute atomic E-state index is 12.9. The first kappa shape index (κ1) is 19.0. The van der Waals surface area contributed by atoms with E-state index in [2.05, 4.69) is 10.3 Å². The lowest BCUT2D eigenvalue weighted by atomic mass is 10.0. The zero-order valence-corrected chi connectivity index (χ0v) is 16.6. The number of benzene rings is 3. The van der Waals surface area contributed by atoms with Gasteiger partial charge in [0.25, 0.3) is 5.91 Å². The smallest absolute Gasteiger partial charge is 0.252 e. The number of hydrogen-bond acceptors (Lipinski definition) is 3. The van der Waals surface area contributed by atoms with Crippen molar-refractivity contribution in [3.63, 3.8) is 0 Å². The highest BCUT2D eigenvalue weighted by Crippen LogP contribution is 2.29. The number of oxazole rings is 1. The van der Waals surface area contributed by atoms with Crippen LogP contribution in [0.3, 0.4) is 0 Å². The molecule has 0 aliphatic heterocycles. The quantitative estimate of drug-likeness (QED) is 0.435. The molecule has 4 rings (SSSR count). The van der Waals surface area contributed by atoms with Gasteiger partial charge in [0.15, 0.2) is 5.76 Å². The van der Waals surface area contributed by atoms with Crippen molar-refractivity contribution in [2.75, 3.05) is 0 Å². The van der Waals surface area contributed by atoms with Crippen molar-refractivity contribution >= 4 is 17.5 Å². The summed E-state index contributed by atoms with van der Waals surface area (Å²) in [5.74, 6) is 0.834. The number of carbonyl (C=O) groups excluding carboxylic acids is 1. The van der Waals surface area contributed by atoms with Crippen LogP contribution in [-0.2, 0) is 0 Å². The van der Waals surface area contributed by atoms with E-state index in [0.29, 0.717) is 27.8 Å². The van der Waals surface area contributed by atoms with E-state index < -0.39 is 0 Å². The van der Waals surface area contributed by atoms with E-state index in [9.17, 15) is 4.79 Å². The predicted molar refractivity (Wildman–Crippen MR) is 115 cm³/mol. The molecule has 4 nitrogen and oxygen atoms in total. The standard InChI is InChI=1S/C24H19ClN2O2/c1-16(17-7-3-2-4-8-17)27-23(28)20-9-5-6-10-21(20)24-26-15-22(29-24)18-11-13-19(25)14-12-18/h2-16H,1H3,(H,27,28)/t16-/m0/s1. The van der Waals surface area contributed by atoms with Crippen LogP contribution in [0.5, 0.6) is 0 Å². The third-order valence-electron chi connectivity index (χ3n) is 4.68. The molecular weight excluding hydrogens is 384 g/mol. The lowest BCUT2D eigenvalue weighted by Crippen LogP contribution is -2.27. The number of halogens is 1. The minimum atomic E-state index is -0.178. The Bertz CT molecular complexity index is 1120. The van der Waals surface area contributed by atoms with Gasteiger partial charge in [0, 0.05) is 16.1 Å². The second kappa shape index (κ2) is 8.33. The molecule has 0 bridgehead atoms. The van der Waals surface area contributed by atoms with Gasteiger partial charge in [-0.15, -0.1) is 0 Å². The van der Waals surface area contributed by atoms with Crippen molar-refractivity contribution in [3.8, 4) is 22.8 Å². The summed E-state index contributed by atoms with van der Waals surface area (Å²) < 4.78 is 5.94. The molecule has 0 aliphatic carbocycles. The Labute approximate surface area is 174 Å². The van der Waals surface area contributed by atoms with Crippen molar-refractivity contribution in [2.24, 2.45) is 0 Å². The van der Waals surface area contributed by atoms with Crippen molar-refractivity contribution in [3.05, 3.63) is 101 Å². The van der Waals surface area contributed by atoms with Gasteiger partial charge < -0.3 is 9.73 Å². The number of hydrogen-bond donors (Lipinski definition) is 1. The lowest BCUT2D eigenvalue weighted by Gasteiger charge is -2.15. The Kier molecular flexibility index (Phi) is 5.45. The van der Waals surface area contributed by atoms with Gasteiger partial charge in [0.2, 0.25) is 5.89 Å². The molecule has 1 amide bonds. The third kappa shape index (κ3) is 4.23. The second-order valence-corrected chi connectivity index (χ2v) is 7.12. The van der Waals surface area contributed by atoms with Gasteiger partial charge in [-0.1, -0.05) is 54.1 Å². The molecule has 5 heteroatoms. The Morgan fingerprint density at radius 1 is 0.966 bits per heavy atom. The van der Waals surface area contributed by atoms with Crippen molar-refractivity contribution in [1.82, 2.24) is 10.3 Å². The molecule has 3 aromatic carbocycles. The number of amides is 1. The van der Waals surface area contributed by atoms with E-state index in [4.69, 9.17) is 16.0 Å².